The second kappa shape index (κ2) is 7.15. The van der Waals surface area contributed by atoms with Crippen molar-refractivity contribution in [1.82, 2.24) is 9.44 Å². The van der Waals surface area contributed by atoms with Gasteiger partial charge in [-0.15, -0.1) is 11.3 Å². The number of carboxylic acids is 1. The average molecular weight is 421 g/mol. The first-order chi connectivity index (χ1) is 9.53. The summed E-state index contributed by atoms with van der Waals surface area (Å²) in [6, 6.07) is 1.06. The lowest BCUT2D eigenvalue weighted by molar-refractivity contribution is 0.0702. The van der Waals surface area contributed by atoms with Crippen LogP contribution in [-0.2, 0) is 20.0 Å². The molecular formula is C9H13BrN2O6S3. The zero-order valence-corrected chi connectivity index (χ0v) is 14.8. The standard InChI is InChI=1S/C9H13BrN2O6S3/c1-20(15,16)11-3-2-4-12-21(17,18)7-5-6(9(13)14)19-8(7)10/h5,11-12H,2-4H2,1H3,(H,13,14). The Balaban J connectivity index is 2.64. The lowest BCUT2D eigenvalue weighted by atomic mass is 10.4. The van der Waals surface area contributed by atoms with Crippen LogP contribution in [-0.4, -0.2) is 47.3 Å². The molecule has 0 atom stereocenters. The van der Waals surface area contributed by atoms with Gasteiger partial charge >= 0.3 is 5.97 Å². The predicted molar refractivity (Wildman–Crippen MR) is 81.6 cm³/mol. The molecular weight excluding hydrogens is 408 g/mol. The number of aromatic carboxylic acids is 1. The molecule has 1 rings (SSSR count). The molecule has 21 heavy (non-hydrogen) atoms. The van der Waals surface area contributed by atoms with Crippen molar-refractivity contribution < 1.29 is 26.7 Å². The third-order valence-corrected chi connectivity index (χ3v) is 6.60. The van der Waals surface area contributed by atoms with Crippen molar-refractivity contribution in [2.75, 3.05) is 19.3 Å². The summed E-state index contributed by atoms with van der Waals surface area (Å²) in [7, 11) is -7.15. The molecule has 0 unspecified atom stereocenters. The summed E-state index contributed by atoms with van der Waals surface area (Å²) < 4.78 is 50.3. The normalized spacial score (nSPS) is 12.5. The maximum Gasteiger partial charge on any atom is 0.345 e. The quantitative estimate of drug-likeness (QED) is 0.522. The molecule has 8 nitrogen and oxygen atoms in total. The zero-order valence-electron chi connectivity index (χ0n) is 10.8. The number of sulfonamides is 2. The monoisotopic (exact) mass is 420 g/mol. The van der Waals surface area contributed by atoms with Gasteiger partial charge in [0.1, 0.15) is 9.77 Å². The highest BCUT2D eigenvalue weighted by Gasteiger charge is 2.22. The van der Waals surface area contributed by atoms with Gasteiger partial charge in [0.25, 0.3) is 0 Å². The van der Waals surface area contributed by atoms with E-state index in [4.69, 9.17) is 5.11 Å². The molecule has 0 aliphatic rings. The number of halogens is 1. The minimum atomic E-state index is -3.85. The van der Waals surface area contributed by atoms with E-state index in [2.05, 4.69) is 25.4 Å². The van der Waals surface area contributed by atoms with Crippen LogP contribution in [0.4, 0.5) is 0 Å². The molecule has 120 valence electrons. The molecule has 0 bridgehead atoms. The summed E-state index contributed by atoms with van der Waals surface area (Å²) in [4.78, 5) is 10.5. The van der Waals surface area contributed by atoms with E-state index in [1.54, 1.807) is 0 Å². The molecule has 1 aromatic rings. The molecule has 0 saturated heterocycles. The Morgan fingerprint density at radius 1 is 1.29 bits per heavy atom. The first-order valence-corrected chi connectivity index (χ1v) is 10.5. The van der Waals surface area contributed by atoms with Crippen molar-refractivity contribution in [3.63, 3.8) is 0 Å². The van der Waals surface area contributed by atoms with E-state index in [-0.39, 0.29) is 33.1 Å². The number of rotatable bonds is 8. The van der Waals surface area contributed by atoms with Crippen LogP contribution in [0.25, 0.3) is 0 Å². The van der Waals surface area contributed by atoms with E-state index in [0.29, 0.717) is 0 Å². The number of carboxylic acid groups (broad SMARTS) is 1. The van der Waals surface area contributed by atoms with Crippen molar-refractivity contribution in [2.45, 2.75) is 11.3 Å². The van der Waals surface area contributed by atoms with Gasteiger partial charge in [-0.1, -0.05) is 0 Å². The third kappa shape index (κ3) is 6.00. The molecule has 1 heterocycles. The lowest BCUT2D eigenvalue weighted by Gasteiger charge is -2.06. The number of carbonyl (C=O) groups is 1. The minimum absolute atomic E-state index is 0.0234. The Morgan fingerprint density at radius 3 is 2.33 bits per heavy atom. The van der Waals surface area contributed by atoms with Crippen LogP contribution in [0.2, 0.25) is 0 Å². The maximum atomic E-state index is 12.0. The molecule has 0 fully saturated rings. The molecule has 0 saturated carbocycles. The minimum Gasteiger partial charge on any atom is -0.477 e. The van der Waals surface area contributed by atoms with Gasteiger partial charge < -0.3 is 5.11 Å². The van der Waals surface area contributed by atoms with E-state index in [9.17, 15) is 21.6 Å². The van der Waals surface area contributed by atoms with E-state index in [0.717, 1.165) is 23.7 Å². The lowest BCUT2D eigenvalue weighted by Crippen LogP contribution is -2.29. The molecule has 0 spiro atoms. The van der Waals surface area contributed by atoms with Crippen LogP contribution in [0.15, 0.2) is 14.7 Å². The van der Waals surface area contributed by atoms with Crippen molar-refractivity contribution in [1.29, 1.82) is 0 Å². The average Bonchev–Trinajstić information content (AvgIpc) is 2.70. The Labute approximate surface area is 134 Å². The van der Waals surface area contributed by atoms with E-state index >= 15 is 0 Å². The highest BCUT2D eigenvalue weighted by molar-refractivity contribution is 9.11. The van der Waals surface area contributed by atoms with Crippen LogP contribution in [0.3, 0.4) is 0 Å². The highest BCUT2D eigenvalue weighted by atomic mass is 79.9. The van der Waals surface area contributed by atoms with Crippen LogP contribution in [0.5, 0.6) is 0 Å². The molecule has 0 aliphatic heterocycles. The molecule has 0 aliphatic carbocycles. The fraction of sp³-hybridized carbons (Fsp3) is 0.444. The summed E-state index contributed by atoms with van der Waals surface area (Å²) in [6.45, 7) is 0.127. The van der Waals surface area contributed by atoms with Crippen LogP contribution < -0.4 is 9.44 Å². The summed E-state index contributed by atoms with van der Waals surface area (Å²) >= 11 is 3.82. The van der Waals surface area contributed by atoms with Gasteiger partial charge in [-0.2, -0.15) is 0 Å². The first-order valence-electron chi connectivity index (χ1n) is 5.50. The van der Waals surface area contributed by atoms with Crippen molar-refractivity contribution >= 4 is 53.3 Å². The van der Waals surface area contributed by atoms with Gasteiger partial charge in [0.15, 0.2) is 0 Å². The smallest absolute Gasteiger partial charge is 0.345 e. The van der Waals surface area contributed by atoms with Gasteiger partial charge in [-0.05, 0) is 28.4 Å². The predicted octanol–water partition coefficient (Wildman–Crippen LogP) is 0.426. The van der Waals surface area contributed by atoms with Gasteiger partial charge in [0, 0.05) is 13.1 Å². The van der Waals surface area contributed by atoms with E-state index in [1.807, 2.05) is 0 Å². The van der Waals surface area contributed by atoms with Gasteiger partial charge in [-0.3, -0.25) is 0 Å². The summed E-state index contributed by atoms with van der Waals surface area (Å²) in [5, 5.41) is 8.82. The first kappa shape index (κ1) is 18.5. The largest absolute Gasteiger partial charge is 0.477 e. The van der Waals surface area contributed by atoms with Crippen molar-refractivity contribution in [2.24, 2.45) is 0 Å². The van der Waals surface area contributed by atoms with Crippen LogP contribution in [0, 0.1) is 0 Å². The summed E-state index contributed by atoms with van der Waals surface area (Å²) in [5.74, 6) is -1.21. The molecule has 0 radical (unpaired) electrons. The SMILES string of the molecule is CS(=O)(=O)NCCCNS(=O)(=O)c1cc(C(=O)O)sc1Br. The number of hydrogen-bond acceptors (Lipinski definition) is 6. The van der Waals surface area contributed by atoms with E-state index in [1.165, 1.54) is 0 Å². The number of hydrogen-bond donors (Lipinski definition) is 3. The van der Waals surface area contributed by atoms with Gasteiger partial charge in [0.2, 0.25) is 20.0 Å². The molecule has 1 aromatic heterocycles. The number of thiophene rings is 1. The zero-order chi connectivity index (χ0) is 16.3. The summed E-state index contributed by atoms with van der Waals surface area (Å²) in [6.07, 6.45) is 1.27. The fourth-order valence-electron chi connectivity index (χ4n) is 1.27. The Morgan fingerprint density at radius 2 is 1.86 bits per heavy atom. The van der Waals surface area contributed by atoms with Crippen molar-refractivity contribution in [3.05, 3.63) is 14.7 Å². The third-order valence-electron chi connectivity index (χ3n) is 2.17. The topological polar surface area (TPSA) is 130 Å². The fourth-order valence-corrected chi connectivity index (χ4v) is 5.26. The second-order valence-corrected chi connectivity index (χ2v) is 9.91. The Kier molecular flexibility index (Phi) is 6.31. The van der Waals surface area contributed by atoms with Crippen LogP contribution in [0.1, 0.15) is 16.1 Å². The second-order valence-electron chi connectivity index (χ2n) is 3.97. The Bertz CT molecular complexity index is 725. The van der Waals surface area contributed by atoms with Crippen molar-refractivity contribution in [3.8, 4) is 0 Å². The van der Waals surface area contributed by atoms with Crippen LogP contribution >= 0.6 is 27.3 Å². The number of nitrogens with one attached hydrogen (secondary N) is 2. The highest BCUT2D eigenvalue weighted by Crippen LogP contribution is 2.31. The summed E-state index contributed by atoms with van der Waals surface area (Å²) in [5.41, 5.74) is 0. The molecule has 0 aromatic carbocycles. The van der Waals surface area contributed by atoms with E-state index < -0.39 is 26.0 Å². The molecule has 3 N–H and O–H groups in total. The van der Waals surface area contributed by atoms with Gasteiger partial charge in [0.05, 0.1) is 10.0 Å². The molecule has 12 heteroatoms. The molecule has 0 amide bonds. The maximum absolute atomic E-state index is 12.0. The van der Waals surface area contributed by atoms with Gasteiger partial charge in [-0.25, -0.2) is 31.1 Å². The Hall–Kier alpha value is -0.530.